The molecule has 0 saturated carbocycles. The molecule has 19 heteroatoms. The maximum Gasteiger partial charge on any atom is 0.472 e. The fourth-order valence-electron chi connectivity index (χ4n) is 12.0. The summed E-state index contributed by atoms with van der Waals surface area (Å²) < 4.78 is 68.6. The fraction of sp³-hybridized carbons (Fsp3) is 0.949. The molecule has 0 aliphatic carbocycles. The lowest BCUT2D eigenvalue weighted by Gasteiger charge is -2.21. The molecular weight excluding hydrogens is 1280 g/mol. The third-order valence-electron chi connectivity index (χ3n) is 19.0. The lowest BCUT2D eigenvalue weighted by molar-refractivity contribution is -0.161. The Hall–Kier alpha value is -1.94. The number of phosphoric acid groups is 2. The highest BCUT2D eigenvalue weighted by molar-refractivity contribution is 7.47. The predicted octanol–water partition coefficient (Wildman–Crippen LogP) is 23.2. The first-order valence-corrected chi connectivity index (χ1v) is 43.8. The number of rotatable bonds is 76. The van der Waals surface area contributed by atoms with Crippen molar-refractivity contribution in [2.45, 2.75) is 420 Å². The van der Waals surface area contributed by atoms with Gasteiger partial charge in [0.25, 0.3) is 0 Å². The average Bonchev–Trinajstić information content (AvgIpc) is 1.18. The smallest absolute Gasteiger partial charge is 0.462 e. The van der Waals surface area contributed by atoms with Gasteiger partial charge in [0.15, 0.2) is 12.2 Å². The van der Waals surface area contributed by atoms with E-state index in [1.54, 1.807) is 0 Å². The Morgan fingerprint density at radius 2 is 0.490 bits per heavy atom. The van der Waals surface area contributed by atoms with Crippen molar-refractivity contribution in [3.63, 3.8) is 0 Å². The second-order valence-electron chi connectivity index (χ2n) is 29.9. The molecule has 0 aromatic carbocycles. The maximum atomic E-state index is 13.1. The number of hydrogen-bond acceptors (Lipinski definition) is 15. The average molecular weight is 1440 g/mol. The molecule has 98 heavy (non-hydrogen) atoms. The molecule has 0 aliphatic heterocycles. The number of aliphatic hydroxyl groups is 1. The van der Waals surface area contributed by atoms with Crippen LogP contribution in [0, 0.1) is 23.7 Å². The third kappa shape index (κ3) is 69.8. The SMILES string of the molecule is CCC(C)CCCCCCCCCCC(=O)OC[C@H](COP(=O)(O)OC[C@@H](O)COP(=O)(O)OC[C@@H](COC(=O)CCCCCCCCC(C)CC)OC(=O)CCCCCCCCCCCCCCCCC(C)C)OC(=O)CCCCCCCCCCCCCCCCCCC(C)C. The van der Waals surface area contributed by atoms with Crippen LogP contribution in [0.3, 0.4) is 0 Å². The molecule has 0 rings (SSSR count). The normalized spacial score (nSPS) is 14.6. The standard InChI is InChI=1S/C79H154O17P2/c1-9-71(7)57-49-41-33-29-30-34-43-51-59-76(81)89-65-74(95-78(83)61-53-45-35-27-23-19-14-12-11-13-17-21-25-31-39-47-55-69(3)4)67-93-97(85,86)91-63-73(80)64-92-98(87,88)94-68-75(66-90-77(82)60-52-44-38-37-42-50-58-72(8)10-2)96-79(84)62-54-46-36-28-24-20-16-15-18-22-26-32-40-48-56-70(5)6/h69-75,80H,9-68H2,1-8H3,(H,85,86)(H,87,88)/t71?,72?,73-,74-,75-/m1/s1. The summed E-state index contributed by atoms with van der Waals surface area (Å²) >= 11 is 0. The Balaban J connectivity index is 5.23. The van der Waals surface area contributed by atoms with Gasteiger partial charge in [-0.25, -0.2) is 9.13 Å². The van der Waals surface area contributed by atoms with Gasteiger partial charge in [0.1, 0.15) is 19.3 Å². The number of unbranched alkanes of at least 4 members (excludes halogenated alkanes) is 40. The van der Waals surface area contributed by atoms with Crippen LogP contribution in [0.5, 0.6) is 0 Å². The zero-order valence-electron chi connectivity index (χ0n) is 64.4. The van der Waals surface area contributed by atoms with E-state index in [-0.39, 0.29) is 25.7 Å². The van der Waals surface area contributed by atoms with Crippen molar-refractivity contribution < 1.29 is 80.2 Å². The maximum absolute atomic E-state index is 13.1. The second kappa shape index (κ2) is 68.2. The first-order valence-electron chi connectivity index (χ1n) is 40.8. The van der Waals surface area contributed by atoms with Gasteiger partial charge in [-0.2, -0.15) is 0 Å². The van der Waals surface area contributed by atoms with Crippen LogP contribution in [0.2, 0.25) is 0 Å². The van der Waals surface area contributed by atoms with Crippen LogP contribution in [0.25, 0.3) is 0 Å². The summed E-state index contributed by atoms with van der Waals surface area (Å²) in [5.74, 6) is 0.995. The second-order valence-corrected chi connectivity index (χ2v) is 32.8. The zero-order valence-corrected chi connectivity index (χ0v) is 66.2. The van der Waals surface area contributed by atoms with Gasteiger partial charge in [-0.05, 0) is 49.4 Å². The Morgan fingerprint density at radius 1 is 0.286 bits per heavy atom. The molecule has 7 atom stereocenters. The number of carbonyl (C=O) groups is 4. The van der Waals surface area contributed by atoms with E-state index in [1.807, 2.05) is 0 Å². The van der Waals surface area contributed by atoms with Gasteiger partial charge in [0.2, 0.25) is 0 Å². The number of phosphoric ester groups is 2. The molecule has 0 heterocycles. The van der Waals surface area contributed by atoms with Gasteiger partial charge >= 0.3 is 39.5 Å². The zero-order chi connectivity index (χ0) is 72.4. The number of aliphatic hydroxyl groups excluding tert-OH is 1. The van der Waals surface area contributed by atoms with Crippen LogP contribution in [0.15, 0.2) is 0 Å². The lowest BCUT2D eigenvalue weighted by atomic mass is 9.99. The van der Waals surface area contributed by atoms with Crippen molar-refractivity contribution in [1.29, 1.82) is 0 Å². The van der Waals surface area contributed by atoms with Crippen molar-refractivity contribution in [3.8, 4) is 0 Å². The monoisotopic (exact) mass is 1440 g/mol. The number of ether oxygens (including phenoxy) is 4. The molecule has 0 fully saturated rings. The molecule has 0 aliphatic rings. The predicted molar refractivity (Wildman–Crippen MR) is 400 cm³/mol. The summed E-state index contributed by atoms with van der Waals surface area (Å²) in [6.07, 6.45) is 54.1. The molecule has 0 aromatic rings. The van der Waals surface area contributed by atoms with E-state index in [0.717, 1.165) is 120 Å². The number of hydrogen-bond donors (Lipinski definition) is 3. The fourth-order valence-corrected chi connectivity index (χ4v) is 13.6. The lowest BCUT2D eigenvalue weighted by Crippen LogP contribution is -2.30. The van der Waals surface area contributed by atoms with Gasteiger partial charge in [0, 0.05) is 25.7 Å². The highest BCUT2D eigenvalue weighted by Crippen LogP contribution is 2.45. The van der Waals surface area contributed by atoms with Crippen LogP contribution in [-0.4, -0.2) is 96.7 Å². The Labute approximate surface area is 600 Å². The van der Waals surface area contributed by atoms with E-state index in [9.17, 15) is 43.2 Å². The van der Waals surface area contributed by atoms with Crippen LogP contribution in [0.4, 0.5) is 0 Å². The van der Waals surface area contributed by atoms with Crippen LogP contribution >= 0.6 is 15.6 Å². The van der Waals surface area contributed by atoms with Crippen LogP contribution in [0.1, 0.15) is 402 Å². The van der Waals surface area contributed by atoms with Crippen molar-refractivity contribution >= 4 is 39.5 Å². The quantitative estimate of drug-likeness (QED) is 0.0222. The summed E-state index contributed by atoms with van der Waals surface area (Å²) in [7, 11) is -9.92. The molecule has 0 saturated heterocycles. The first-order chi connectivity index (χ1) is 47.2. The van der Waals surface area contributed by atoms with E-state index in [4.69, 9.17) is 37.0 Å². The van der Waals surface area contributed by atoms with Gasteiger partial charge in [-0.1, -0.05) is 351 Å². The minimum atomic E-state index is -4.96. The molecule has 0 amide bonds. The van der Waals surface area contributed by atoms with Gasteiger partial charge < -0.3 is 33.8 Å². The molecular formula is C79H154O17P2. The molecule has 0 spiro atoms. The van der Waals surface area contributed by atoms with E-state index >= 15 is 0 Å². The largest absolute Gasteiger partial charge is 0.472 e. The molecule has 0 radical (unpaired) electrons. The van der Waals surface area contributed by atoms with Crippen LogP contribution in [-0.2, 0) is 65.4 Å². The summed E-state index contributed by atoms with van der Waals surface area (Å²) in [6.45, 7) is 14.2. The van der Waals surface area contributed by atoms with E-state index in [0.29, 0.717) is 25.7 Å². The van der Waals surface area contributed by atoms with Gasteiger partial charge in [0.05, 0.1) is 26.4 Å². The van der Waals surface area contributed by atoms with Crippen LogP contribution < -0.4 is 0 Å². The minimum Gasteiger partial charge on any atom is -0.462 e. The first kappa shape index (κ1) is 96.1. The minimum absolute atomic E-state index is 0.106. The molecule has 0 bridgehead atoms. The molecule has 17 nitrogen and oxygen atoms in total. The van der Waals surface area contributed by atoms with Crippen molar-refractivity contribution in [3.05, 3.63) is 0 Å². The summed E-state index contributed by atoms with van der Waals surface area (Å²) in [5.41, 5.74) is 0. The number of carbonyl (C=O) groups excluding carboxylic acids is 4. The molecule has 0 aromatic heterocycles. The summed E-state index contributed by atoms with van der Waals surface area (Å²) in [6, 6.07) is 0. The Morgan fingerprint density at radius 3 is 0.724 bits per heavy atom. The highest BCUT2D eigenvalue weighted by Gasteiger charge is 2.30. The molecule has 4 unspecified atom stereocenters. The Bertz CT molecular complexity index is 1920. The van der Waals surface area contributed by atoms with Crippen molar-refractivity contribution in [2.75, 3.05) is 39.6 Å². The molecule has 3 N–H and O–H groups in total. The highest BCUT2D eigenvalue weighted by atomic mass is 31.2. The summed E-state index contributed by atoms with van der Waals surface area (Å²) in [5, 5.41) is 10.6. The van der Waals surface area contributed by atoms with E-state index in [1.165, 1.54) is 199 Å². The molecule has 582 valence electrons. The Kier molecular flexibility index (Phi) is 66.8. The topological polar surface area (TPSA) is 237 Å². The van der Waals surface area contributed by atoms with E-state index in [2.05, 4.69) is 55.4 Å². The number of esters is 4. The third-order valence-corrected chi connectivity index (χ3v) is 20.9. The summed E-state index contributed by atoms with van der Waals surface area (Å²) in [4.78, 5) is 72.9. The van der Waals surface area contributed by atoms with Crippen molar-refractivity contribution in [2.24, 2.45) is 23.7 Å². The van der Waals surface area contributed by atoms with Gasteiger partial charge in [-0.15, -0.1) is 0 Å². The van der Waals surface area contributed by atoms with E-state index < -0.39 is 97.5 Å². The van der Waals surface area contributed by atoms with Gasteiger partial charge in [-0.3, -0.25) is 37.3 Å². The van der Waals surface area contributed by atoms with Crippen molar-refractivity contribution in [1.82, 2.24) is 0 Å².